The lowest BCUT2D eigenvalue weighted by Crippen LogP contribution is -2.21. The van der Waals surface area contributed by atoms with E-state index in [1.54, 1.807) is 6.07 Å². The molecular formula is C19H19N3O2. The normalized spacial score (nSPS) is 10.4. The van der Waals surface area contributed by atoms with Crippen molar-refractivity contribution in [2.75, 3.05) is 10.6 Å². The molecule has 122 valence electrons. The molecule has 1 heterocycles. The van der Waals surface area contributed by atoms with Crippen molar-refractivity contribution in [2.45, 2.75) is 20.3 Å². The summed E-state index contributed by atoms with van der Waals surface area (Å²) in [5, 5.41) is 9.49. The molecule has 0 fully saturated rings. The van der Waals surface area contributed by atoms with Gasteiger partial charge in [0, 0.05) is 17.3 Å². The Bertz CT molecular complexity index is 841. The molecule has 0 atom stereocenters. The molecule has 0 radical (unpaired) electrons. The molecule has 0 unspecified atom stereocenters. The van der Waals surface area contributed by atoms with E-state index in [-0.39, 0.29) is 6.03 Å². The molecule has 5 heteroatoms. The highest BCUT2D eigenvalue weighted by Crippen LogP contribution is 2.23. The first-order chi connectivity index (χ1) is 11.7. The number of nitrogens with one attached hydrogen (secondary N) is 2. The highest BCUT2D eigenvalue weighted by Gasteiger charge is 2.12. The van der Waals surface area contributed by atoms with Gasteiger partial charge in [0.1, 0.15) is 0 Å². The van der Waals surface area contributed by atoms with Gasteiger partial charge in [-0.1, -0.05) is 60.6 Å². The molecule has 3 rings (SSSR count). The van der Waals surface area contributed by atoms with E-state index in [9.17, 15) is 4.79 Å². The molecule has 0 aliphatic carbocycles. The summed E-state index contributed by atoms with van der Waals surface area (Å²) >= 11 is 0. The lowest BCUT2D eigenvalue weighted by Gasteiger charge is -2.12. The second-order valence-electron chi connectivity index (χ2n) is 5.48. The Morgan fingerprint density at radius 2 is 1.88 bits per heavy atom. The molecule has 5 nitrogen and oxygen atoms in total. The zero-order chi connectivity index (χ0) is 16.9. The van der Waals surface area contributed by atoms with Crippen LogP contribution in [0.3, 0.4) is 0 Å². The Morgan fingerprint density at radius 1 is 1.08 bits per heavy atom. The first-order valence-corrected chi connectivity index (χ1v) is 7.86. The average molecular weight is 321 g/mol. The fourth-order valence-electron chi connectivity index (χ4n) is 2.54. The third-order valence-electron chi connectivity index (χ3n) is 3.79. The third kappa shape index (κ3) is 3.46. The van der Waals surface area contributed by atoms with E-state index in [1.807, 2.05) is 55.5 Å². The molecule has 0 spiro atoms. The average Bonchev–Trinajstić information content (AvgIpc) is 3.06. The van der Waals surface area contributed by atoms with Gasteiger partial charge in [-0.05, 0) is 24.5 Å². The maximum absolute atomic E-state index is 12.2. The first kappa shape index (κ1) is 15.8. The number of aryl methyl sites for hydroxylation is 2. The zero-order valence-corrected chi connectivity index (χ0v) is 13.7. The lowest BCUT2D eigenvalue weighted by molar-refractivity contribution is 0.262. The van der Waals surface area contributed by atoms with Crippen molar-refractivity contribution < 1.29 is 9.32 Å². The van der Waals surface area contributed by atoms with Gasteiger partial charge in [-0.25, -0.2) is 4.79 Å². The highest BCUT2D eigenvalue weighted by molar-refractivity contribution is 6.00. The molecule has 0 aliphatic heterocycles. The smallest absolute Gasteiger partial charge is 0.324 e. The van der Waals surface area contributed by atoms with E-state index in [2.05, 4.69) is 22.7 Å². The van der Waals surface area contributed by atoms with Crippen LogP contribution in [-0.4, -0.2) is 11.2 Å². The SMILES string of the molecule is CCc1cccc(C)c1NC(=O)Nc1cc(-c2ccccc2)on1. The first-order valence-electron chi connectivity index (χ1n) is 7.86. The number of rotatable bonds is 4. The van der Waals surface area contributed by atoms with Crippen LogP contribution in [0, 0.1) is 6.92 Å². The molecule has 0 saturated heterocycles. The molecule has 2 aromatic carbocycles. The van der Waals surface area contributed by atoms with Gasteiger partial charge in [0.25, 0.3) is 0 Å². The van der Waals surface area contributed by atoms with Crippen LogP contribution in [0.2, 0.25) is 0 Å². The molecule has 0 aliphatic rings. The van der Waals surface area contributed by atoms with Gasteiger partial charge in [-0.3, -0.25) is 5.32 Å². The molecule has 0 bridgehead atoms. The molecule has 2 N–H and O–H groups in total. The van der Waals surface area contributed by atoms with E-state index < -0.39 is 0 Å². The van der Waals surface area contributed by atoms with E-state index in [0.717, 1.165) is 28.8 Å². The van der Waals surface area contributed by atoms with E-state index >= 15 is 0 Å². The topological polar surface area (TPSA) is 67.2 Å². The molecule has 0 saturated carbocycles. The number of urea groups is 1. The van der Waals surface area contributed by atoms with Crippen molar-refractivity contribution >= 4 is 17.5 Å². The Hall–Kier alpha value is -3.08. The van der Waals surface area contributed by atoms with Crippen molar-refractivity contribution in [1.82, 2.24) is 5.16 Å². The van der Waals surface area contributed by atoms with Crippen molar-refractivity contribution in [2.24, 2.45) is 0 Å². The number of carbonyl (C=O) groups is 1. The Labute approximate surface area is 140 Å². The minimum absolute atomic E-state index is 0.341. The van der Waals surface area contributed by atoms with Crippen molar-refractivity contribution in [3.05, 3.63) is 65.7 Å². The van der Waals surface area contributed by atoms with Crippen molar-refractivity contribution in [3.63, 3.8) is 0 Å². The van der Waals surface area contributed by atoms with Crippen molar-refractivity contribution in [3.8, 4) is 11.3 Å². The second-order valence-corrected chi connectivity index (χ2v) is 5.48. The number of aromatic nitrogens is 1. The van der Waals surface area contributed by atoms with Crippen LogP contribution in [0.5, 0.6) is 0 Å². The number of hydrogen-bond acceptors (Lipinski definition) is 3. The number of nitrogens with zero attached hydrogens (tertiary/aromatic N) is 1. The van der Waals surface area contributed by atoms with Crippen molar-refractivity contribution in [1.29, 1.82) is 0 Å². The number of carbonyl (C=O) groups excluding carboxylic acids is 1. The fourth-order valence-corrected chi connectivity index (χ4v) is 2.54. The molecule has 24 heavy (non-hydrogen) atoms. The quantitative estimate of drug-likeness (QED) is 0.721. The Kier molecular flexibility index (Phi) is 4.61. The number of para-hydroxylation sites is 1. The lowest BCUT2D eigenvalue weighted by atomic mass is 10.1. The molecule has 1 aromatic heterocycles. The standard InChI is InChI=1S/C19H19N3O2/c1-3-14-11-7-8-13(2)18(14)21-19(23)20-17-12-16(24-22-17)15-9-5-4-6-10-15/h4-12H,3H2,1-2H3,(H2,20,21,22,23). The number of hydrogen-bond donors (Lipinski definition) is 2. The van der Waals surface area contributed by atoms with Crippen LogP contribution in [-0.2, 0) is 6.42 Å². The van der Waals surface area contributed by atoms with Gasteiger partial charge in [0.05, 0.1) is 0 Å². The van der Waals surface area contributed by atoms with Crippen LogP contribution in [0.15, 0.2) is 59.1 Å². The minimum Gasteiger partial charge on any atom is -0.354 e. The van der Waals surface area contributed by atoms with Gasteiger partial charge in [0.2, 0.25) is 0 Å². The van der Waals surface area contributed by atoms with Crippen LogP contribution in [0.1, 0.15) is 18.1 Å². The highest BCUT2D eigenvalue weighted by atomic mass is 16.5. The zero-order valence-electron chi connectivity index (χ0n) is 13.7. The minimum atomic E-state index is -0.341. The Balaban J connectivity index is 1.71. The van der Waals surface area contributed by atoms with Gasteiger partial charge >= 0.3 is 6.03 Å². The molecule has 3 aromatic rings. The van der Waals surface area contributed by atoms with Crippen LogP contribution in [0.4, 0.5) is 16.3 Å². The summed E-state index contributed by atoms with van der Waals surface area (Å²) in [6, 6.07) is 16.9. The van der Waals surface area contributed by atoms with Gasteiger partial charge < -0.3 is 9.84 Å². The summed E-state index contributed by atoms with van der Waals surface area (Å²) in [5.41, 5.74) is 3.86. The van der Waals surface area contributed by atoms with Crippen LogP contribution >= 0.6 is 0 Å². The molecular weight excluding hydrogens is 302 g/mol. The summed E-state index contributed by atoms with van der Waals surface area (Å²) in [6.45, 7) is 4.03. The van der Waals surface area contributed by atoms with Crippen LogP contribution in [0.25, 0.3) is 11.3 Å². The van der Waals surface area contributed by atoms with E-state index in [4.69, 9.17) is 4.52 Å². The summed E-state index contributed by atoms with van der Waals surface area (Å²) in [4.78, 5) is 12.2. The number of benzene rings is 2. The largest absolute Gasteiger partial charge is 0.354 e. The van der Waals surface area contributed by atoms with Crippen LogP contribution < -0.4 is 10.6 Å². The third-order valence-corrected chi connectivity index (χ3v) is 3.79. The summed E-state index contributed by atoms with van der Waals surface area (Å²) in [5.74, 6) is 0.981. The summed E-state index contributed by atoms with van der Waals surface area (Å²) in [6.07, 6.45) is 0.847. The number of anilines is 2. The summed E-state index contributed by atoms with van der Waals surface area (Å²) < 4.78 is 5.28. The summed E-state index contributed by atoms with van der Waals surface area (Å²) in [7, 11) is 0. The van der Waals surface area contributed by atoms with E-state index in [0.29, 0.717) is 11.6 Å². The number of amides is 2. The Morgan fingerprint density at radius 3 is 2.62 bits per heavy atom. The van der Waals surface area contributed by atoms with Gasteiger partial charge in [-0.2, -0.15) is 0 Å². The fraction of sp³-hybridized carbons (Fsp3) is 0.158. The maximum atomic E-state index is 12.2. The predicted molar refractivity (Wildman–Crippen MR) is 95.1 cm³/mol. The molecule has 2 amide bonds. The van der Waals surface area contributed by atoms with E-state index in [1.165, 1.54) is 0 Å². The van der Waals surface area contributed by atoms with Gasteiger partial charge in [-0.15, -0.1) is 0 Å². The second kappa shape index (κ2) is 7.00. The predicted octanol–water partition coefficient (Wildman–Crippen LogP) is 4.86. The van der Waals surface area contributed by atoms with Gasteiger partial charge in [0.15, 0.2) is 11.6 Å². The monoisotopic (exact) mass is 321 g/mol. The maximum Gasteiger partial charge on any atom is 0.324 e.